The second-order valence-corrected chi connectivity index (χ2v) is 7.57. The van der Waals surface area contributed by atoms with Gasteiger partial charge >= 0.3 is 17.9 Å². The molecule has 3 aromatic carbocycles. The van der Waals surface area contributed by atoms with E-state index >= 15 is 0 Å². The normalized spacial score (nSPS) is 16.8. The first-order valence-corrected chi connectivity index (χ1v) is 10.1. The van der Waals surface area contributed by atoms with E-state index in [2.05, 4.69) is 10.0 Å². The number of hydrogen-bond acceptors (Lipinski definition) is 8. The molecule has 0 amide bonds. The van der Waals surface area contributed by atoms with Gasteiger partial charge in [0.1, 0.15) is 23.0 Å². The molecule has 0 aromatic heterocycles. The van der Waals surface area contributed by atoms with Gasteiger partial charge in [-0.1, -0.05) is 23.3 Å². The molecule has 10 nitrogen and oxygen atoms in total. The Morgan fingerprint density at radius 3 is 2.41 bits per heavy atom. The molecule has 0 radical (unpaired) electrons. The van der Waals surface area contributed by atoms with E-state index in [9.17, 15) is 14.4 Å². The maximum absolute atomic E-state index is 13.1. The minimum Gasteiger partial charge on any atom is -0.456 e. The van der Waals surface area contributed by atoms with Crippen LogP contribution in [0.2, 0.25) is 0 Å². The van der Waals surface area contributed by atoms with Crippen LogP contribution in [0.15, 0.2) is 59.7 Å². The highest BCUT2D eigenvalue weighted by Crippen LogP contribution is 2.57. The monoisotopic (exact) mass is 457 g/mol. The third-order valence-corrected chi connectivity index (χ3v) is 5.43. The molecule has 5 rings (SSSR count). The van der Waals surface area contributed by atoms with Crippen molar-refractivity contribution in [3.8, 4) is 23.0 Å². The zero-order valence-electron chi connectivity index (χ0n) is 17.9. The van der Waals surface area contributed by atoms with Crippen LogP contribution in [-0.4, -0.2) is 17.9 Å². The Morgan fingerprint density at radius 1 is 0.941 bits per heavy atom. The zero-order chi connectivity index (χ0) is 24.0. The van der Waals surface area contributed by atoms with Crippen molar-refractivity contribution in [3.05, 3.63) is 87.3 Å². The van der Waals surface area contributed by atoms with Crippen molar-refractivity contribution < 1.29 is 33.3 Å². The quantitative estimate of drug-likeness (QED) is 0.176. The summed E-state index contributed by atoms with van der Waals surface area (Å²) < 4.78 is 22.4. The van der Waals surface area contributed by atoms with E-state index < -0.39 is 23.5 Å². The van der Waals surface area contributed by atoms with Crippen molar-refractivity contribution in [3.63, 3.8) is 0 Å². The Balaban J connectivity index is 1.81. The molecule has 168 valence electrons. The summed E-state index contributed by atoms with van der Waals surface area (Å²) >= 11 is 0. The Bertz CT molecular complexity index is 1460. The first-order valence-electron chi connectivity index (χ1n) is 10.1. The molecule has 0 bridgehead atoms. The van der Waals surface area contributed by atoms with Crippen LogP contribution in [-0.2, 0) is 19.9 Å². The molecule has 3 aromatic rings. The van der Waals surface area contributed by atoms with Crippen LogP contribution >= 0.6 is 0 Å². The molecule has 0 unspecified atom stereocenters. The summed E-state index contributed by atoms with van der Waals surface area (Å²) in [5, 5.41) is 3.65. The van der Waals surface area contributed by atoms with E-state index in [1.165, 1.54) is 32.0 Å². The minimum atomic E-state index is -1.44. The molecule has 2 heterocycles. The molecule has 0 N–H and O–H groups in total. The first-order chi connectivity index (χ1) is 16.3. The number of carbonyl (C=O) groups excluding carboxylic acids is 3. The Hall–Kier alpha value is -4.82. The molecule has 34 heavy (non-hydrogen) atoms. The van der Waals surface area contributed by atoms with Gasteiger partial charge in [-0.15, -0.1) is 0 Å². The number of carbonyl (C=O) groups is 3. The number of fused-ring (bicyclic) bond motifs is 6. The minimum absolute atomic E-state index is 0.0104. The number of rotatable bonds is 3. The smallest absolute Gasteiger partial charge is 0.340 e. The Morgan fingerprint density at radius 2 is 1.68 bits per heavy atom. The highest BCUT2D eigenvalue weighted by molar-refractivity contribution is 5.98. The molecule has 2 aliphatic heterocycles. The van der Waals surface area contributed by atoms with Crippen molar-refractivity contribution in [2.45, 2.75) is 19.4 Å². The van der Waals surface area contributed by atoms with Crippen LogP contribution in [0.1, 0.15) is 40.9 Å². The highest BCUT2D eigenvalue weighted by Gasteiger charge is 2.54. The number of hydrogen-bond donors (Lipinski definition) is 0. The van der Waals surface area contributed by atoms with E-state index in [-0.39, 0.29) is 22.7 Å². The largest absolute Gasteiger partial charge is 0.456 e. The number of esters is 3. The lowest BCUT2D eigenvalue weighted by Crippen LogP contribution is -2.33. The average molecular weight is 457 g/mol. The molecule has 1 spiro atoms. The summed E-state index contributed by atoms with van der Waals surface area (Å²) in [5.74, 6) is -0.884. The van der Waals surface area contributed by atoms with Gasteiger partial charge in [0.25, 0.3) is 0 Å². The SMILES string of the molecule is CC(=O)Oc1ccc2c(c1)Oc1ccccc1[C@]21OC(=O)c2cc(OC(C)=O)c(N=[N+]=[N-])cc21. The van der Waals surface area contributed by atoms with E-state index in [4.69, 9.17) is 24.5 Å². The predicted molar refractivity (Wildman–Crippen MR) is 116 cm³/mol. The summed E-state index contributed by atoms with van der Waals surface area (Å²) in [6.45, 7) is 2.47. The summed E-state index contributed by atoms with van der Waals surface area (Å²) in [7, 11) is 0. The Kier molecular flexibility index (Phi) is 4.73. The summed E-state index contributed by atoms with van der Waals surface area (Å²) in [5.41, 5.74) is 9.16. The summed E-state index contributed by atoms with van der Waals surface area (Å²) in [4.78, 5) is 38.9. The number of benzene rings is 3. The van der Waals surface area contributed by atoms with Crippen molar-refractivity contribution in [2.24, 2.45) is 5.11 Å². The van der Waals surface area contributed by atoms with Crippen molar-refractivity contribution in [2.75, 3.05) is 0 Å². The highest BCUT2D eigenvalue weighted by atomic mass is 16.6. The average Bonchev–Trinajstić information content (AvgIpc) is 3.05. The molecular weight excluding hydrogens is 442 g/mol. The second-order valence-electron chi connectivity index (χ2n) is 7.57. The van der Waals surface area contributed by atoms with E-state index in [0.29, 0.717) is 28.2 Å². The van der Waals surface area contributed by atoms with E-state index in [0.717, 1.165) is 0 Å². The van der Waals surface area contributed by atoms with Crippen LogP contribution in [0.5, 0.6) is 23.0 Å². The predicted octanol–water partition coefficient (Wildman–Crippen LogP) is 5.05. The fourth-order valence-electron chi connectivity index (χ4n) is 4.26. The van der Waals surface area contributed by atoms with Crippen molar-refractivity contribution in [1.82, 2.24) is 0 Å². The molecular formula is C24H15N3O7. The van der Waals surface area contributed by atoms with Gasteiger partial charge in [0, 0.05) is 41.5 Å². The molecule has 10 heteroatoms. The number of ether oxygens (including phenoxy) is 4. The van der Waals surface area contributed by atoms with Crippen LogP contribution in [0.3, 0.4) is 0 Å². The van der Waals surface area contributed by atoms with Crippen molar-refractivity contribution in [1.29, 1.82) is 0 Å². The molecule has 0 fully saturated rings. The van der Waals surface area contributed by atoms with Gasteiger partial charge in [0.2, 0.25) is 0 Å². The third kappa shape index (κ3) is 3.13. The van der Waals surface area contributed by atoms with Gasteiger partial charge in [-0.05, 0) is 35.9 Å². The van der Waals surface area contributed by atoms with E-state index in [1.807, 2.05) is 0 Å². The van der Waals surface area contributed by atoms with Gasteiger partial charge in [0.15, 0.2) is 5.60 Å². The van der Waals surface area contributed by atoms with Crippen molar-refractivity contribution >= 4 is 23.6 Å². The maximum atomic E-state index is 13.1. The Labute approximate surface area is 192 Å². The third-order valence-electron chi connectivity index (χ3n) is 5.43. The number of nitrogens with zero attached hydrogens (tertiary/aromatic N) is 3. The second kappa shape index (κ2) is 7.65. The van der Waals surface area contributed by atoms with Gasteiger partial charge in [-0.25, -0.2) is 4.79 Å². The number of azide groups is 1. The summed E-state index contributed by atoms with van der Waals surface area (Å²) in [6, 6.07) is 14.5. The lowest BCUT2D eigenvalue weighted by molar-refractivity contribution is -0.132. The molecule has 0 aliphatic carbocycles. The topological polar surface area (TPSA) is 137 Å². The lowest BCUT2D eigenvalue weighted by atomic mass is 9.77. The van der Waals surface area contributed by atoms with E-state index in [1.54, 1.807) is 36.4 Å². The molecule has 0 saturated carbocycles. The van der Waals surface area contributed by atoms with Crippen LogP contribution in [0.25, 0.3) is 10.4 Å². The molecule has 1 atom stereocenters. The zero-order valence-corrected chi connectivity index (χ0v) is 17.9. The van der Waals surface area contributed by atoms with Crippen LogP contribution in [0.4, 0.5) is 5.69 Å². The molecule has 2 aliphatic rings. The van der Waals surface area contributed by atoms with Crippen LogP contribution < -0.4 is 14.2 Å². The maximum Gasteiger partial charge on any atom is 0.340 e. The van der Waals surface area contributed by atoms with Gasteiger partial charge < -0.3 is 18.9 Å². The standard InChI is InChI=1S/C24H15N3O7/c1-12(28)31-14-7-8-17-21(9-14)33-20-6-4-3-5-16(20)24(17)18-11-19(26-27-25)22(32-13(2)29)10-15(18)23(30)34-24/h3-11H,1-2H3/t24-/m0/s1. The fourth-order valence-corrected chi connectivity index (χ4v) is 4.26. The number of para-hydroxylation sites is 1. The van der Waals surface area contributed by atoms with Gasteiger partial charge in [-0.2, -0.15) is 0 Å². The fraction of sp³-hybridized carbons (Fsp3) is 0.125. The molecule has 0 saturated heterocycles. The van der Waals surface area contributed by atoms with Crippen LogP contribution in [0, 0.1) is 0 Å². The lowest BCUT2D eigenvalue weighted by Gasteiger charge is -2.36. The first kappa shape index (κ1) is 21.0. The summed E-state index contributed by atoms with van der Waals surface area (Å²) in [6.07, 6.45) is 0. The van der Waals surface area contributed by atoms with Gasteiger partial charge in [-0.3, -0.25) is 9.59 Å². The van der Waals surface area contributed by atoms with Gasteiger partial charge in [0.05, 0.1) is 11.3 Å².